The van der Waals surface area contributed by atoms with Crippen molar-refractivity contribution in [2.24, 2.45) is 0 Å². The zero-order valence-electron chi connectivity index (χ0n) is 18.0. The molecule has 2 aromatic carbocycles. The molecule has 0 fully saturated rings. The molecule has 0 aliphatic carbocycles. The molecule has 0 heterocycles. The SMILES string of the molecule is CCCCOC(=O)CCc1cc(-c2ccc(CCC#N)cc2C)cc(C)c1OC. The topological polar surface area (TPSA) is 59.3 Å². The van der Waals surface area contributed by atoms with Crippen molar-refractivity contribution in [3.8, 4) is 22.9 Å². The number of unbranched alkanes of at least 4 members (excludes halogenated alkanes) is 1. The van der Waals surface area contributed by atoms with Crippen molar-refractivity contribution in [1.29, 1.82) is 5.26 Å². The number of methoxy groups -OCH3 is 1. The molecule has 29 heavy (non-hydrogen) atoms. The number of nitrogens with zero attached hydrogens (tertiary/aromatic N) is 1. The highest BCUT2D eigenvalue weighted by atomic mass is 16.5. The van der Waals surface area contributed by atoms with Crippen molar-refractivity contribution in [3.63, 3.8) is 0 Å². The second-order valence-electron chi connectivity index (χ2n) is 7.37. The molecule has 0 atom stereocenters. The van der Waals surface area contributed by atoms with Gasteiger partial charge in [0.1, 0.15) is 5.75 Å². The van der Waals surface area contributed by atoms with E-state index in [-0.39, 0.29) is 5.97 Å². The van der Waals surface area contributed by atoms with Crippen LogP contribution in [0.5, 0.6) is 5.75 Å². The van der Waals surface area contributed by atoms with Gasteiger partial charge >= 0.3 is 5.97 Å². The standard InChI is InChI=1S/C25H31NO3/c1-5-6-14-29-24(27)12-10-21-17-22(16-19(3)25(21)28-4)23-11-9-20(8-7-13-26)15-18(23)2/h9,11,15-17H,5-8,10,12,14H2,1-4H3. The summed E-state index contributed by atoms with van der Waals surface area (Å²) >= 11 is 0. The van der Waals surface area contributed by atoms with Crippen molar-refractivity contribution in [2.45, 2.75) is 59.3 Å². The summed E-state index contributed by atoms with van der Waals surface area (Å²) in [5.74, 6) is 0.667. The molecular weight excluding hydrogens is 362 g/mol. The van der Waals surface area contributed by atoms with Crippen LogP contribution in [0.3, 0.4) is 0 Å². The van der Waals surface area contributed by atoms with Gasteiger partial charge in [-0.25, -0.2) is 0 Å². The summed E-state index contributed by atoms with van der Waals surface area (Å²) in [7, 11) is 1.67. The van der Waals surface area contributed by atoms with Crippen molar-refractivity contribution in [1.82, 2.24) is 0 Å². The predicted octanol–water partition coefficient (Wildman–Crippen LogP) is 5.71. The van der Waals surface area contributed by atoms with Gasteiger partial charge in [0.2, 0.25) is 0 Å². The Morgan fingerprint density at radius 1 is 1.10 bits per heavy atom. The van der Waals surface area contributed by atoms with Crippen molar-refractivity contribution < 1.29 is 14.3 Å². The number of benzene rings is 2. The Labute approximate surface area is 174 Å². The third kappa shape index (κ3) is 6.35. The fourth-order valence-electron chi connectivity index (χ4n) is 3.52. The summed E-state index contributed by atoms with van der Waals surface area (Å²) in [6.07, 6.45) is 4.13. The zero-order chi connectivity index (χ0) is 21.2. The van der Waals surface area contributed by atoms with Gasteiger partial charge in [0.15, 0.2) is 0 Å². The predicted molar refractivity (Wildman–Crippen MR) is 116 cm³/mol. The van der Waals surface area contributed by atoms with Gasteiger partial charge in [0.25, 0.3) is 0 Å². The molecule has 0 aliphatic heterocycles. The van der Waals surface area contributed by atoms with E-state index < -0.39 is 0 Å². The first-order valence-electron chi connectivity index (χ1n) is 10.3. The van der Waals surface area contributed by atoms with Gasteiger partial charge in [-0.2, -0.15) is 5.26 Å². The number of esters is 1. The van der Waals surface area contributed by atoms with Crippen molar-refractivity contribution in [2.75, 3.05) is 13.7 Å². The van der Waals surface area contributed by atoms with Crippen LogP contribution in [0, 0.1) is 25.2 Å². The van der Waals surface area contributed by atoms with Gasteiger partial charge in [0.05, 0.1) is 19.8 Å². The largest absolute Gasteiger partial charge is 0.496 e. The Morgan fingerprint density at radius 2 is 1.90 bits per heavy atom. The molecule has 0 aliphatic rings. The molecule has 0 amide bonds. The van der Waals surface area contributed by atoms with Crippen molar-refractivity contribution >= 4 is 5.97 Å². The average molecular weight is 394 g/mol. The lowest BCUT2D eigenvalue weighted by Crippen LogP contribution is -2.08. The normalized spacial score (nSPS) is 10.4. The van der Waals surface area contributed by atoms with E-state index in [4.69, 9.17) is 14.7 Å². The molecule has 0 saturated carbocycles. The van der Waals surface area contributed by atoms with Crippen LogP contribution < -0.4 is 4.74 Å². The monoisotopic (exact) mass is 393 g/mol. The summed E-state index contributed by atoms with van der Waals surface area (Å²) in [5.41, 5.74) is 6.68. The number of nitriles is 1. The van der Waals surface area contributed by atoms with Crippen LogP contribution in [-0.4, -0.2) is 19.7 Å². The Morgan fingerprint density at radius 3 is 2.55 bits per heavy atom. The summed E-state index contributed by atoms with van der Waals surface area (Å²) in [5, 5.41) is 8.80. The van der Waals surface area contributed by atoms with Crippen LogP contribution in [0.4, 0.5) is 0 Å². The van der Waals surface area contributed by atoms with E-state index in [2.05, 4.69) is 50.2 Å². The molecule has 2 rings (SSSR count). The van der Waals surface area contributed by atoms with Crippen LogP contribution in [0.2, 0.25) is 0 Å². The molecule has 0 radical (unpaired) electrons. The van der Waals surface area contributed by atoms with E-state index in [0.717, 1.165) is 47.3 Å². The molecule has 154 valence electrons. The van der Waals surface area contributed by atoms with E-state index in [1.165, 1.54) is 11.1 Å². The number of hydrogen-bond donors (Lipinski definition) is 0. The van der Waals surface area contributed by atoms with E-state index in [1.54, 1.807) is 7.11 Å². The lowest BCUT2D eigenvalue weighted by Gasteiger charge is -2.16. The second-order valence-corrected chi connectivity index (χ2v) is 7.37. The fourth-order valence-corrected chi connectivity index (χ4v) is 3.52. The first-order chi connectivity index (χ1) is 14.0. The molecule has 0 aromatic heterocycles. The zero-order valence-corrected chi connectivity index (χ0v) is 18.0. The second kappa shape index (κ2) is 11.3. The highest BCUT2D eigenvalue weighted by Crippen LogP contribution is 2.33. The molecule has 0 unspecified atom stereocenters. The van der Waals surface area contributed by atoms with Crippen LogP contribution in [0.15, 0.2) is 30.3 Å². The molecule has 0 N–H and O–H groups in total. The number of carbonyl (C=O) groups is 1. The first kappa shape index (κ1) is 22.5. The minimum atomic E-state index is -0.165. The number of carbonyl (C=O) groups excluding carboxylic acids is 1. The van der Waals surface area contributed by atoms with Gasteiger partial charge in [-0.15, -0.1) is 0 Å². The highest BCUT2D eigenvalue weighted by molar-refractivity contribution is 5.72. The fraction of sp³-hybridized carbons (Fsp3) is 0.440. The summed E-state index contributed by atoms with van der Waals surface area (Å²) in [4.78, 5) is 12.0. The first-order valence-corrected chi connectivity index (χ1v) is 10.3. The Balaban J connectivity index is 2.24. The summed E-state index contributed by atoms with van der Waals surface area (Å²) in [6.45, 7) is 6.69. The molecular formula is C25H31NO3. The minimum Gasteiger partial charge on any atom is -0.496 e. The molecule has 0 spiro atoms. The van der Waals surface area contributed by atoms with Crippen LogP contribution in [0.1, 0.15) is 54.9 Å². The molecule has 2 aromatic rings. The van der Waals surface area contributed by atoms with Gasteiger partial charge in [0, 0.05) is 12.8 Å². The third-order valence-corrected chi connectivity index (χ3v) is 5.04. The van der Waals surface area contributed by atoms with Crippen molar-refractivity contribution in [3.05, 3.63) is 52.6 Å². The Bertz CT molecular complexity index is 880. The summed E-state index contributed by atoms with van der Waals surface area (Å²) < 4.78 is 10.9. The van der Waals surface area contributed by atoms with Crippen LogP contribution in [0.25, 0.3) is 11.1 Å². The molecule has 0 bridgehead atoms. The maximum absolute atomic E-state index is 12.0. The van der Waals surface area contributed by atoms with Gasteiger partial charge < -0.3 is 9.47 Å². The number of ether oxygens (including phenoxy) is 2. The maximum Gasteiger partial charge on any atom is 0.306 e. The maximum atomic E-state index is 12.0. The molecule has 4 nitrogen and oxygen atoms in total. The van der Waals surface area contributed by atoms with Gasteiger partial charge in [-0.1, -0.05) is 31.5 Å². The number of rotatable bonds is 10. The van der Waals surface area contributed by atoms with E-state index in [9.17, 15) is 4.79 Å². The number of aryl methyl sites for hydroxylation is 4. The van der Waals surface area contributed by atoms with E-state index >= 15 is 0 Å². The van der Waals surface area contributed by atoms with Crippen LogP contribution >= 0.6 is 0 Å². The number of hydrogen-bond acceptors (Lipinski definition) is 4. The van der Waals surface area contributed by atoms with Crippen LogP contribution in [-0.2, 0) is 22.4 Å². The van der Waals surface area contributed by atoms with Gasteiger partial charge in [-0.3, -0.25) is 4.79 Å². The lowest BCUT2D eigenvalue weighted by atomic mass is 9.93. The summed E-state index contributed by atoms with van der Waals surface area (Å²) in [6, 6.07) is 12.8. The minimum absolute atomic E-state index is 0.165. The quantitative estimate of drug-likeness (QED) is 0.383. The molecule has 0 saturated heterocycles. The van der Waals surface area contributed by atoms with E-state index in [1.807, 2.05) is 6.92 Å². The Hall–Kier alpha value is -2.80. The Kier molecular flexibility index (Phi) is 8.73. The lowest BCUT2D eigenvalue weighted by molar-refractivity contribution is -0.143. The van der Waals surface area contributed by atoms with E-state index in [0.29, 0.717) is 25.9 Å². The third-order valence-electron chi connectivity index (χ3n) is 5.04. The molecule has 4 heteroatoms. The highest BCUT2D eigenvalue weighted by Gasteiger charge is 2.14. The smallest absolute Gasteiger partial charge is 0.306 e. The van der Waals surface area contributed by atoms with Gasteiger partial charge in [-0.05, 0) is 78.6 Å². The average Bonchev–Trinajstić information content (AvgIpc) is 2.70.